The fourth-order valence-corrected chi connectivity index (χ4v) is 2.90. The second kappa shape index (κ2) is 5.51. The molecule has 2 amide bonds. The zero-order chi connectivity index (χ0) is 15.0. The number of amides is 2. The Morgan fingerprint density at radius 3 is 2.43 bits per heavy atom. The second-order valence-corrected chi connectivity index (χ2v) is 5.99. The molecular formula is C17H22N2O2. The number of anilines is 1. The number of carbonyl (C=O) groups excluding carboxylic acids is 2. The van der Waals surface area contributed by atoms with Gasteiger partial charge in [-0.15, -0.1) is 0 Å². The van der Waals surface area contributed by atoms with E-state index in [0.29, 0.717) is 13.1 Å². The second-order valence-electron chi connectivity index (χ2n) is 5.99. The molecule has 21 heavy (non-hydrogen) atoms. The molecule has 1 saturated heterocycles. The van der Waals surface area contributed by atoms with Gasteiger partial charge in [-0.05, 0) is 43.9 Å². The molecule has 1 aliphatic heterocycles. The smallest absolute Gasteiger partial charge is 0.249 e. The van der Waals surface area contributed by atoms with E-state index in [-0.39, 0.29) is 23.8 Å². The fraction of sp³-hybridized carbons (Fsp3) is 0.529. The van der Waals surface area contributed by atoms with Crippen LogP contribution in [0.1, 0.15) is 32.3 Å². The first-order chi connectivity index (χ1) is 10.1. The summed E-state index contributed by atoms with van der Waals surface area (Å²) in [4.78, 5) is 28.3. The number of hydrogen-bond donors (Lipinski definition) is 0. The van der Waals surface area contributed by atoms with Gasteiger partial charge in [0.1, 0.15) is 6.04 Å². The summed E-state index contributed by atoms with van der Waals surface area (Å²) in [6.07, 6.45) is 2.96. The molecule has 2 fully saturated rings. The number of carbonyl (C=O) groups is 2. The monoisotopic (exact) mass is 286 g/mol. The Balaban J connectivity index is 1.74. The first-order valence-electron chi connectivity index (χ1n) is 7.82. The van der Waals surface area contributed by atoms with Crippen molar-refractivity contribution in [2.75, 3.05) is 18.0 Å². The Morgan fingerprint density at radius 1 is 1.19 bits per heavy atom. The molecule has 4 heteroatoms. The molecule has 0 aromatic heterocycles. The van der Waals surface area contributed by atoms with Gasteiger partial charge in [-0.2, -0.15) is 0 Å². The summed E-state index contributed by atoms with van der Waals surface area (Å²) in [6.45, 7) is 5.19. The molecule has 112 valence electrons. The predicted molar refractivity (Wildman–Crippen MR) is 82.1 cm³/mol. The number of piperazine rings is 1. The number of nitrogens with zero attached hydrogens (tertiary/aromatic N) is 2. The highest BCUT2D eigenvalue weighted by molar-refractivity contribution is 6.00. The van der Waals surface area contributed by atoms with Crippen molar-refractivity contribution >= 4 is 17.5 Å². The summed E-state index contributed by atoms with van der Waals surface area (Å²) in [5.41, 5.74) is 2.20. The zero-order valence-electron chi connectivity index (χ0n) is 12.7. The summed E-state index contributed by atoms with van der Waals surface area (Å²) in [6, 6.07) is 7.78. The first-order valence-corrected chi connectivity index (χ1v) is 7.82. The topological polar surface area (TPSA) is 40.6 Å². The summed E-state index contributed by atoms with van der Waals surface area (Å²) in [5, 5.41) is 0. The SMILES string of the molecule is CCc1ccc(N2CCN(C(=O)C3CC3)[C@@H](C)C2=O)cc1. The van der Waals surface area contributed by atoms with Crippen LogP contribution < -0.4 is 4.90 Å². The molecule has 1 aromatic rings. The van der Waals surface area contributed by atoms with E-state index < -0.39 is 0 Å². The summed E-state index contributed by atoms with van der Waals surface area (Å²) in [5.74, 6) is 0.368. The van der Waals surface area contributed by atoms with Crippen molar-refractivity contribution < 1.29 is 9.59 Å². The van der Waals surface area contributed by atoms with Gasteiger partial charge < -0.3 is 9.80 Å². The van der Waals surface area contributed by atoms with Crippen molar-refractivity contribution in [2.24, 2.45) is 5.92 Å². The van der Waals surface area contributed by atoms with Crippen LogP contribution in [-0.2, 0) is 16.0 Å². The molecule has 0 N–H and O–H groups in total. The van der Waals surface area contributed by atoms with Gasteiger partial charge >= 0.3 is 0 Å². The lowest BCUT2D eigenvalue weighted by Crippen LogP contribution is -2.58. The van der Waals surface area contributed by atoms with Gasteiger partial charge in [0.25, 0.3) is 0 Å². The molecule has 1 saturated carbocycles. The molecule has 1 atom stereocenters. The average Bonchev–Trinajstić information content (AvgIpc) is 3.34. The Kier molecular flexibility index (Phi) is 3.70. The highest BCUT2D eigenvalue weighted by Crippen LogP contribution is 2.33. The van der Waals surface area contributed by atoms with E-state index in [1.165, 1.54) is 5.56 Å². The molecule has 4 nitrogen and oxygen atoms in total. The Labute approximate surface area is 125 Å². The van der Waals surface area contributed by atoms with Gasteiger partial charge in [-0.25, -0.2) is 0 Å². The molecule has 2 aliphatic rings. The van der Waals surface area contributed by atoms with Gasteiger partial charge in [0.05, 0.1) is 0 Å². The minimum absolute atomic E-state index is 0.0273. The third-order valence-electron chi connectivity index (χ3n) is 4.52. The lowest BCUT2D eigenvalue weighted by molar-refractivity contribution is -0.141. The predicted octanol–water partition coefficient (Wildman–Crippen LogP) is 2.22. The van der Waals surface area contributed by atoms with Gasteiger partial charge in [0, 0.05) is 24.7 Å². The van der Waals surface area contributed by atoms with Crippen LogP contribution in [0.4, 0.5) is 5.69 Å². The van der Waals surface area contributed by atoms with Gasteiger partial charge in [0.2, 0.25) is 11.8 Å². The van der Waals surface area contributed by atoms with Gasteiger partial charge in [0.15, 0.2) is 0 Å². The standard InChI is InChI=1S/C17H22N2O2/c1-3-13-4-8-15(9-5-13)19-11-10-18(12(2)16(19)20)17(21)14-6-7-14/h4-5,8-9,12,14H,3,6-7,10-11H2,1-2H3/t12-/m0/s1. The third-order valence-corrected chi connectivity index (χ3v) is 4.52. The molecule has 3 rings (SSSR count). The van der Waals surface area contributed by atoms with Crippen LogP contribution in [-0.4, -0.2) is 35.8 Å². The van der Waals surface area contributed by atoms with Crippen LogP contribution in [0, 0.1) is 5.92 Å². The van der Waals surface area contributed by atoms with Crippen molar-refractivity contribution in [2.45, 2.75) is 39.2 Å². The molecular weight excluding hydrogens is 264 g/mol. The van der Waals surface area contributed by atoms with Crippen molar-refractivity contribution in [3.63, 3.8) is 0 Å². The van der Waals surface area contributed by atoms with Crippen LogP contribution in [0.25, 0.3) is 0 Å². The van der Waals surface area contributed by atoms with E-state index in [2.05, 4.69) is 19.1 Å². The zero-order valence-corrected chi connectivity index (χ0v) is 12.7. The average molecular weight is 286 g/mol. The molecule has 1 aliphatic carbocycles. The molecule has 0 unspecified atom stereocenters. The minimum atomic E-state index is -0.349. The molecule has 1 heterocycles. The maximum atomic E-state index is 12.6. The molecule has 1 aromatic carbocycles. The lowest BCUT2D eigenvalue weighted by atomic mass is 10.1. The van der Waals surface area contributed by atoms with E-state index in [4.69, 9.17) is 0 Å². The van der Waals surface area contributed by atoms with Crippen molar-refractivity contribution in [1.82, 2.24) is 4.90 Å². The van der Waals surface area contributed by atoms with Crippen molar-refractivity contribution in [1.29, 1.82) is 0 Å². The number of aryl methyl sites for hydroxylation is 1. The number of benzene rings is 1. The first kappa shape index (κ1) is 14.1. The van der Waals surface area contributed by atoms with Crippen LogP contribution in [0.2, 0.25) is 0 Å². The molecule has 0 bridgehead atoms. The van der Waals surface area contributed by atoms with E-state index in [1.54, 1.807) is 9.80 Å². The largest absolute Gasteiger partial charge is 0.329 e. The summed E-state index contributed by atoms with van der Waals surface area (Å²) in [7, 11) is 0. The number of hydrogen-bond acceptors (Lipinski definition) is 2. The normalized spacial score (nSPS) is 22.6. The summed E-state index contributed by atoms with van der Waals surface area (Å²) < 4.78 is 0. The maximum Gasteiger partial charge on any atom is 0.249 e. The number of rotatable bonds is 3. The van der Waals surface area contributed by atoms with Gasteiger partial charge in [-0.1, -0.05) is 19.1 Å². The van der Waals surface area contributed by atoms with E-state index in [1.807, 2.05) is 19.1 Å². The van der Waals surface area contributed by atoms with E-state index in [0.717, 1.165) is 24.9 Å². The lowest BCUT2D eigenvalue weighted by Gasteiger charge is -2.39. The van der Waals surface area contributed by atoms with Crippen molar-refractivity contribution in [3.8, 4) is 0 Å². The van der Waals surface area contributed by atoms with E-state index >= 15 is 0 Å². The van der Waals surface area contributed by atoms with Crippen LogP contribution in [0.3, 0.4) is 0 Å². The van der Waals surface area contributed by atoms with Gasteiger partial charge in [-0.3, -0.25) is 9.59 Å². The Bertz CT molecular complexity index is 548. The molecule has 0 radical (unpaired) electrons. The maximum absolute atomic E-state index is 12.6. The van der Waals surface area contributed by atoms with Crippen LogP contribution in [0.15, 0.2) is 24.3 Å². The Morgan fingerprint density at radius 2 is 1.86 bits per heavy atom. The van der Waals surface area contributed by atoms with E-state index in [9.17, 15) is 9.59 Å². The fourth-order valence-electron chi connectivity index (χ4n) is 2.90. The Hall–Kier alpha value is -1.84. The minimum Gasteiger partial charge on any atom is -0.329 e. The third kappa shape index (κ3) is 2.67. The van der Waals surface area contributed by atoms with Crippen LogP contribution in [0.5, 0.6) is 0 Å². The van der Waals surface area contributed by atoms with Crippen molar-refractivity contribution in [3.05, 3.63) is 29.8 Å². The molecule has 0 spiro atoms. The highest BCUT2D eigenvalue weighted by Gasteiger charge is 2.40. The summed E-state index contributed by atoms with van der Waals surface area (Å²) >= 11 is 0. The van der Waals surface area contributed by atoms with Crippen LogP contribution >= 0.6 is 0 Å². The quantitative estimate of drug-likeness (QED) is 0.855. The highest BCUT2D eigenvalue weighted by atomic mass is 16.2.